The lowest BCUT2D eigenvalue weighted by atomic mass is 10.1. The number of benzene rings is 1. The lowest BCUT2D eigenvalue weighted by Gasteiger charge is -2.10. The summed E-state index contributed by atoms with van der Waals surface area (Å²) < 4.78 is 1.62. The van der Waals surface area contributed by atoms with E-state index in [0.29, 0.717) is 11.6 Å². The Balaban J connectivity index is 1.69. The van der Waals surface area contributed by atoms with Crippen LogP contribution in [0.25, 0.3) is 5.69 Å². The monoisotopic (exact) mass is 270 g/mol. The maximum absolute atomic E-state index is 12.1. The first kappa shape index (κ1) is 12.8. The molecule has 0 bridgehead atoms. The van der Waals surface area contributed by atoms with Crippen LogP contribution in [0.4, 0.5) is 0 Å². The molecule has 104 valence electrons. The van der Waals surface area contributed by atoms with Gasteiger partial charge in [0.05, 0.1) is 11.9 Å². The molecule has 0 radical (unpaired) electrons. The highest BCUT2D eigenvalue weighted by Crippen LogP contribution is 2.24. The summed E-state index contributed by atoms with van der Waals surface area (Å²) in [5, 5.41) is 11.0. The van der Waals surface area contributed by atoms with Gasteiger partial charge in [0.2, 0.25) is 0 Å². The number of nitrogens with one attached hydrogen (secondary N) is 1. The first-order valence-electron chi connectivity index (χ1n) is 7.01. The molecule has 1 aromatic carbocycles. The fourth-order valence-corrected chi connectivity index (χ4v) is 2.67. The molecule has 1 heterocycles. The van der Waals surface area contributed by atoms with Crippen molar-refractivity contribution in [2.75, 3.05) is 0 Å². The highest BCUT2D eigenvalue weighted by Gasteiger charge is 2.24. The highest BCUT2D eigenvalue weighted by molar-refractivity contribution is 5.92. The van der Waals surface area contributed by atoms with E-state index < -0.39 is 0 Å². The van der Waals surface area contributed by atoms with Crippen LogP contribution in [0.5, 0.6) is 0 Å². The molecule has 20 heavy (non-hydrogen) atoms. The molecule has 1 aliphatic rings. The Hall–Kier alpha value is -2.17. The summed E-state index contributed by atoms with van der Waals surface area (Å²) in [5.74, 6) is 0.562. The van der Waals surface area contributed by atoms with Crippen molar-refractivity contribution in [1.29, 1.82) is 0 Å². The largest absolute Gasteiger partial charge is 0.348 e. The van der Waals surface area contributed by atoms with Gasteiger partial charge in [-0.25, -0.2) is 4.68 Å². The third kappa shape index (κ3) is 2.71. The molecule has 0 aliphatic heterocycles. The van der Waals surface area contributed by atoms with Gasteiger partial charge in [0.25, 0.3) is 5.91 Å². The minimum absolute atomic E-state index is 0.133. The lowest BCUT2D eigenvalue weighted by molar-refractivity contribution is 0.0932. The fraction of sp³-hybridized carbons (Fsp3) is 0.400. The molecule has 2 unspecified atom stereocenters. The molecule has 1 amide bonds. The van der Waals surface area contributed by atoms with Crippen molar-refractivity contribution in [1.82, 2.24) is 20.3 Å². The Bertz CT molecular complexity index is 593. The molecule has 2 aromatic rings. The molecule has 5 heteroatoms. The molecule has 1 N–H and O–H groups in total. The molecule has 1 saturated carbocycles. The van der Waals surface area contributed by atoms with Gasteiger partial charge in [-0.3, -0.25) is 4.79 Å². The lowest BCUT2D eigenvalue weighted by Crippen LogP contribution is -2.33. The summed E-state index contributed by atoms with van der Waals surface area (Å²) in [6, 6.07) is 9.92. The quantitative estimate of drug-likeness (QED) is 0.930. The van der Waals surface area contributed by atoms with Crippen LogP contribution in [-0.4, -0.2) is 26.9 Å². The van der Waals surface area contributed by atoms with Crippen LogP contribution in [0, 0.1) is 5.92 Å². The van der Waals surface area contributed by atoms with E-state index in [2.05, 4.69) is 22.6 Å². The van der Waals surface area contributed by atoms with E-state index in [4.69, 9.17) is 0 Å². The zero-order valence-corrected chi connectivity index (χ0v) is 11.5. The summed E-state index contributed by atoms with van der Waals surface area (Å²) in [6.45, 7) is 2.22. The van der Waals surface area contributed by atoms with Crippen molar-refractivity contribution in [3.8, 4) is 5.69 Å². The van der Waals surface area contributed by atoms with Gasteiger partial charge in [-0.05, 0) is 37.3 Å². The summed E-state index contributed by atoms with van der Waals surface area (Å²) in [6.07, 6.45) is 4.96. The van der Waals surface area contributed by atoms with E-state index in [-0.39, 0.29) is 11.9 Å². The molecule has 5 nitrogen and oxygen atoms in total. The second-order valence-corrected chi connectivity index (χ2v) is 5.47. The second kappa shape index (κ2) is 5.45. The predicted molar refractivity (Wildman–Crippen MR) is 75.6 cm³/mol. The topological polar surface area (TPSA) is 59.8 Å². The van der Waals surface area contributed by atoms with Crippen molar-refractivity contribution >= 4 is 5.91 Å². The summed E-state index contributed by atoms with van der Waals surface area (Å²) in [4.78, 5) is 12.1. The number of rotatable bonds is 3. The van der Waals surface area contributed by atoms with Crippen LogP contribution in [0.1, 0.15) is 36.7 Å². The number of hydrogen-bond donors (Lipinski definition) is 1. The number of para-hydroxylation sites is 1. The van der Waals surface area contributed by atoms with Gasteiger partial charge < -0.3 is 5.32 Å². The molecule has 2 atom stereocenters. The maximum atomic E-state index is 12.1. The van der Waals surface area contributed by atoms with Crippen LogP contribution in [0.2, 0.25) is 0 Å². The van der Waals surface area contributed by atoms with E-state index in [1.165, 1.54) is 6.42 Å². The first-order chi connectivity index (χ1) is 9.72. The van der Waals surface area contributed by atoms with E-state index >= 15 is 0 Å². The average molecular weight is 270 g/mol. The normalized spacial score (nSPS) is 21.9. The molecule has 0 spiro atoms. The number of aromatic nitrogens is 3. The number of amides is 1. The molecular formula is C15H18N4O. The number of nitrogens with zero attached hydrogens (tertiary/aromatic N) is 3. The van der Waals surface area contributed by atoms with Crippen LogP contribution >= 0.6 is 0 Å². The van der Waals surface area contributed by atoms with Crippen molar-refractivity contribution in [2.45, 2.75) is 32.2 Å². The summed E-state index contributed by atoms with van der Waals surface area (Å²) in [5.41, 5.74) is 1.27. The minimum atomic E-state index is -0.133. The molecule has 0 saturated heterocycles. The standard InChI is InChI=1S/C15H18N4O/c1-11-7-8-12(9-11)16-15(20)14-10-19(18-17-14)13-5-3-2-4-6-13/h2-6,10-12H,7-9H2,1H3,(H,16,20). The highest BCUT2D eigenvalue weighted by atomic mass is 16.2. The third-order valence-electron chi connectivity index (χ3n) is 3.78. The van der Waals surface area contributed by atoms with E-state index in [1.54, 1.807) is 10.9 Å². The van der Waals surface area contributed by atoms with Crippen LogP contribution in [-0.2, 0) is 0 Å². The number of carbonyl (C=O) groups excluding carboxylic acids is 1. The zero-order chi connectivity index (χ0) is 13.9. The zero-order valence-electron chi connectivity index (χ0n) is 11.5. The van der Waals surface area contributed by atoms with Gasteiger partial charge in [0.1, 0.15) is 0 Å². The van der Waals surface area contributed by atoms with Gasteiger partial charge in [0, 0.05) is 6.04 Å². The Labute approximate surface area is 118 Å². The van der Waals surface area contributed by atoms with Gasteiger partial charge >= 0.3 is 0 Å². The van der Waals surface area contributed by atoms with E-state index in [1.807, 2.05) is 30.3 Å². The van der Waals surface area contributed by atoms with Crippen LogP contribution < -0.4 is 5.32 Å². The van der Waals surface area contributed by atoms with Gasteiger partial charge in [0.15, 0.2) is 5.69 Å². The average Bonchev–Trinajstić information content (AvgIpc) is 3.09. The van der Waals surface area contributed by atoms with Gasteiger partial charge in [-0.2, -0.15) is 0 Å². The SMILES string of the molecule is CC1CCC(NC(=O)c2cn(-c3ccccc3)nn2)C1. The summed E-state index contributed by atoms with van der Waals surface area (Å²) >= 11 is 0. The Morgan fingerprint density at radius 2 is 2.10 bits per heavy atom. The maximum Gasteiger partial charge on any atom is 0.273 e. The fourth-order valence-electron chi connectivity index (χ4n) is 2.67. The number of carbonyl (C=O) groups is 1. The van der Waals surface area contributed by atoms with Crippen LogP contribution in [0.3, 0.4) is 0 Å². The minimum Gasteiger partial charge on any atom is -0.348 e. The number of hydrogen-bond acceptors (Lipinski definition) is 3. The summed E-state index contributed by atoms with van der Waals surface area (Å²) in [7, 11) is 0. The van der Waals surface area contributed by atoms with Crippen molar-refractivity contribution < 1.29 is 4.79 Å². The molecule has 1 aliphatic carbocycles. The molecule has 1 fully saturated rings. The Kier molecular flexibility index (Phi) is 3.50. The third-order valence-corrected chi connectivity index (χ3v) is 3.78. The van der Waals surface area contributed by atoms with Gasteiger partial charge in [-0.1, -0.05) is 30.3 Å². The molecule has 3 rings (SSSR count). The smallest absolute Gasteiger partial charge is 0.273 e. The van der Waals surface area contributed by atoms with E-state index in [9.17, 15) is 4.79 Å². The predicted octanol–water partition coefficient (Wildman–Crippen LogP) is 2.19. The molecule has 1 aromatic heterocycles. The van der Waals surface area contributed by atoms with Crippen molar-refractivity contribution in [2.24, 2.45) is 5.92 Å². The van der Waals surface area contributed by atoms with Gasteiger partial charge in [-0.15, -0.1) is 5.10 Å². The van der Waals surface area contributed by atoms with Crippen LogP contribution in [0.15, 0.2) is 36.5 Å². The Morgan fingerprint density at radius 1 is 1.30 bits per heavy atom. The Morgan fingerprint density at radius 3 is 2.80 bits per heavy atom. The van der Waals surface area contributed by atoms with Crippen molar-refractivity contribution in [3.05, 3.63) is 42.2 Å². The van der Waals surface area contributed by atoms with Crippen molar-refractivity contribution in [3.63, 3.8) is 0 Å². The van der Waals surface area contributed by atoms with E-state index in [0.717, 1.165) is 18.5 Å². The second-order valence-electron chi connectivity index (χ2n) is 5.47. The first-order valence-corrected chi connectivity index (χ1v) is 7.01. The molecular weight excluding hydrogens is 252 g/mol.